The number of ether oxygens (including phenoxy) is 1. The highest BCUT2D eigenvalue weighted by atomic mass is 79.9. The molecule has 0 fully saturated rings. The van der Waals surface area contributed by atoms with E-state index in [0.717, 1.165) is 5.56 Å². The minimum atomic E-state index is -0.464. The van der Waals surface area contributed by atoms with Crippen LogP contribution in [0.1, 0.15) is 11.1 Å². The van der Waals surface area contributed by atoms with Crippen LogP contribution in [0.15, 0.2) is 34.9 Å². The number of benzene rings is 1. The zero-order valence-corrected chi connectivity index (χ0v) is 12.3. The Kier molecular flexibility index (Phi) is 4.19. The molecule has 0 saturated heterocycles. The summed E-state index contributed by atoms with van der Waals surface area (Å²) in [5.41, 5.74) is 6.99. The Morgan fingerprint density at radius 2 is 2.20 bits per heavy atom. The smallest absolute Gasteiger partial charge is 0.312 e. The number of nitro groups is 1. The molecule has 0 amide bonds. The molecule has 20 heavy (non-hydrogen) atoms. The van der Waals surface area contributed by atoms with Crippen molar-refractivity contribution in [1.82, 2.24) is 4.98 Å². The first-order valence-corrected chi connectivity index (χ1v) is 6.54. The molecule has 0 aliphatic heterocycles. The molecular formula is C13H12BrN3O3. The molecule has 0 atom stereocenters. The van der Waals surface area contributed by atoms with Crippen LogP contribution in [0.4, 0.5) is 11.5 Å². The largest absolute Gasteiger partial charge is 0.482 e. The lowest BCUT2D eigenvalue weighted by Gasteiger charge is -2.10. The summed E-state index contributed by atoms with van der Waals surface area (Å²) in [6.07, 6.45) is 1.57. The van der Waals surface area contributed by atoms with E-state index in [1.54, 1.807) is 31.3 Å². The van der Waals surface area contributed by atoms with Crippen molar-refractivity contribution in [3.05, 3.63) is 56.2 Å². The zero-order valence-electron chi connectivity index (χ0n) is 10.7. The molecule has 0 aliphatic rings. The molecule has 7 heteroatoms. The zero-order chi connectivity index (χ0) is 14.7. The van der Waals surface area contributed by atoms with Crippen LogP contribution in [-0.4, -0.2) is 9.91 Å². The van der Waals surface area contributed by atoms with Gasteiger partial charge in [0.15, 0.2) is 5.75 Å². The topological polar surface area (TPSA) is 91.3 Å². The van der Waals surface area contributed by atoms with Gasteiger partial charge in [0.25, 0.3) is 0 Å². The predicted molar refractivity (Wildman–Crippen MR) is 78.5 cm³/mol. The monoisotopic (exact) mass is 337 g/mol. The van der Waals surface area contributed by atoms with Crippen LogP contribution in [0.2, 0.25) is 0 Å². The molecule has 1 aromatic carbocycles. The first-order chi connectivity index (χ1) is 9.47. The first kappa shape index (κ1) is 14.3. The van der Waals surface area contributed by atoms with Crippen LogP contribution in [0.3, 0.4) is 0 Å². The number of aromatic nitrogens is 1. The molecule has 1 aromatic heterocycles. The van der Waals surface area contributed by atoms with Crippen LogP contribution in [0.25, 0.3) is 0 Å². The van der Waals surface area contributed by atoms with E-state index in [1.807, 2.05) is 0 Å². The molecule has 2 aromatic rings. The van der Waals surface area contributed by atoms with Crippen molar-refractivity contribution in [2.24, 2.45) is 0 Å². The fourth-order valence-corrected chi connectivity index (χ4v) is 2.34. The second-order valence-electron chi connectivity index (χ2n) is 4.21. The number of hydrogen-bond acceptors (Lipinski definition) is 5. The summed E-state index contributed by atoms with van der Waals surface area (Å²) >= 11 is 3.24. The van der Waals surface area contributed by atoms with E-state index in [4.69, 9.17) is 10.5 Å². The molecule has 0 spiro atoms. The molecule has 0 radical (unpaired) electrons. The highest BCUT2D eigenvalue weighted by Crippen LogP contribution is 2.34. The number of nitrogen functional groups attached to an aromatic ring is 1. The second-order valence-corrected chi connectivity index (χ2v) is 5.12. The van der Waals surface area contributed by atoms with Gasteiger partial charge in [-0.2, -0.15) is 0 Å². The molecule has 0 unspecified atom stereocenters. The van der Waals surface area contributed by atoms with E-state index in [1.165, 1.54) is 6.07 Å². The summed E-state index contributed by atoms with van der Waals surface area (Å²) in [5, 5.41) is 11.1. The number of pyridine rings is 1. The summed E-state index contributed by atoms with van der Waals surface area (Å²) in [5.74, 6) is 0.640. The van der Waals surface area contributed by atoms with Crippen LogP contribution in [0.5, 0.6) is 5.75 Å². The van der Waals surface area contributed by atoms with Crippen LogP contribution in [-0.2, 0) is 6.61 Å². The van der Waals surface area contributed by atoms with Gasteiger partial charge < -0.3 is 10.5 Å². The number of anilines is 1. The molecule has 104 valence electrons. The quantitative estimate of drug-likeness (QED) is 0.683. The summed E-state index contributed by atoms with van der Waals surface area (Å²) in [4.78, 5) is 14.5. The molecule has 6 nitrogen and oxygen atoms in total. The fourth-order valence-electron chi connectivity index (χ4n) is 1.78. The van der Waals surface area contributed by atoms with E-state index >= 15 is 0 Å². The molecule has 0 saturated carbocycles. The van der Waals surface area contributed by atoms with E-state index in [9.17, 15) is 10.1 Å². The Balaban J connectivity index is 2.27. The number of rotatable bonds is 4. The van der Waals surface area contributed by atoms with Crippen molar-refractivity contribution in [3.63, 3.8) is 0 Å². The third-order valence-electron chi connectivity index (χ3n) is 2.65. The van der Waals surface area contributed by atoms with Crippen molar-refractivity contribution in [2.75, 3.05) is 5.73 Å². The molecular weight excluding hydrogens is 326 g/mol. The van der Waals surface area contributed by atoms with Gasteiger partial charge in [-0.05, 0) is 36.2 Å². The van der Waals surface area contributed by atoms with Gasteiger partial charge in [-0.25, -0.2) is 4.98 Å². The fraction of sp³-hybridized carbons (Fsp3) is 0.154. The number of hydrogen-bond donors (Lipinski definition) is 1. The van der Waals surface area contributed by atoms with Gasteiger partial charge in [0.1, 0.15) is 12.4 Å². The number of halogens is 1. The first-order valence-electron chi connectivity index (χ1n) is 5.75. The Hall–Kier alpha value is -2.15. The summed E-state index contributed by atoms with van der Waals surface area (Å²) in [6.45, 7) is 1.95. The minimum absolute atomic E-state index is 0.0705. The van der Waals surface area contributed by atoms with Gasteiger partial charge in [0, 0.05) is 16.7 Å². The van der Waals surface area contributed by atoms with E-state index < -0.39 is 4.92 Å². The maximum atomic E-state index is 11.1. The van der Waals surface area contributed by atoms with Crippen molar-refractivity contribution < 1.29 is 9.66 Å². The Morgan fingerprint density at radius 1 is 1.45 bits per heavy atom. The summed E-state index contributed by atoms with van der Waals surface area (Å²) in [7, 11) is 0. The van der Waals surface area contributed by atoms with Crippen molar-refractivity contribution in [2.45, 2.75) is 13.5 Å². The molecule has 1 heterocycles. The van der Waals surface area contributed by atoms with Crippen molar-refractivity contribution in [1.29, 1.82) is 0 Å². The van der Waals surface area contributed by atoms with Crippen LogP contribution >= 0.6 is 15.9 Å². The SMILES string of the molecule is Cc1cc(Br)cc([N+](=O)[O-])c1OCc1ccnc(N)c1. The van der Waals surface area contributed by atoms with Crippen LogP contribution in [0, 0.1) is 17.0 Å². The maximum absolute atomic E-state index is 11.1. The molecule has 0 aliphatic carbocycles. The van der Waals surface area contributed by atoms with E-state index in [0.29, 0.717) is 15.9 Å². The maximum Gasteiger partial charge on any atom is 0.312 e. The van der Waals surface area contributed by atoms with Gasteiger partial charge >= 0.3 is 5.69 Å². The van der Waals surface area contributed by atoms with Gasteiger partial charge in [-0.1, -0.05) is 15.9 Å². The van der Waals surface area contributed by atoms with Gasteiger partial charge in [0.2, 0.25) is 0 Å². The van der Waals surface area contributed by atoms with E-state index in [-0.39, 0.29) is 18.0 Å². The van der Waals surface area contributed by atoms with Crippen molar-refractivity contribution >= 4 is 27.4 Å². The predicted octanol–water partition coefficient (Wildman–Crippen LogP) is 3.22. The number of nitrogens with two attached hydrogens (primary N) is 1. The third-order valence-corrected chi connectivity index (χ3v) is 3.10. The Bertz CT molecular complexity index is 661. The summed E-state index contributed by atoms with van der Waals surface area (Å²) in [6, 6.07) is 6.60. The summed E-state index contributed by atoms with van der Waals surface area (Å²) < 4.78 is 6.22. The van der Waals surface area contributed by atoms with Gasteiger partial charge in [0.05, 0.1) is 4.92 Å². The minimum Gasteiger partial charge on any atom is -0.482 e. The lowest BCUT2D eigenvalue weighted by atomic mass is 10.2. The van der Waals surface area contributed by atoms with Crippen molar-refractivity contribution in [3.8, 4) is 5.75 Å². The molecule has 0 bridgehead atoms. The highest BCUT2D eigenvalue weighted by molar-refractivity contribution is 9.10. The normalized spacial score (nSPS) is 10.3. The number of aryl methyl sites for hydroxylation is 1. The lowest BCUT2D eigenvalue weighted by Crippen LogP contribution is -2.02. The lowest BCUT2D eigenvalue weighted by molar-refractivity contribution is -0.386. The highest BCUT2D eigenvalue weighted by Gasteiger charge is 2.19. The van der Waals surface area contributed by atoms with Gasteiger partial charge in [-0.3, -0.25) is 10.1 Å². The van der Waals surface area contributed by atoms with Crippen LogP contribution < -0.4 is 10.5 Å². The molecule has 2 N–H and O–H groups in total. The molecule has 2 rings (SSSR count). The standard InChI is InChI=1S/C13H12BrN3O3/c1-8-4-10(14)6-11(17(18)19)13(8)20-7-9-2-3-16-12(15)5-9/h2-6H,7H2,1H3,(H2,15,16). The number of nitro benzene ring substituents is 1. The third kappa shape index (κ3) is 3.24. The average Bonchev–Trinajstić information content (AvgIpc) is 2.36. The average molecular weight is 338 g/mol. The Morgan fingerprint density at radius 3 is 2.85 bits per heavy atom. The number of nitrogens with zero attached hydrogens (tertiary/aromatic N) is 2. The van der Waals surface area contributed by atoms with E-state index in [2.05, 4.69) is 20.9 Å². The Labute approximate surface area is 123 Å². The second kappa shape index (κ2) is 5.87. The van der Waals surface area contributed by atoms with Gasteiger partial charge in [-0.15, -0.1) is 0 Å².